The number of nitrogens with one attached hydrogen (secondary N) is 1. The second-order valence-electron chi connectivity index (χ2n) is 5.67. The predicted molar refractivity (Wildman–Crippen MR) is 87.2 cm³/mol. The van der Waals surface area contributed by atoms with Crippen LogP contribution in [0.5, 0.6) is 5.75 Å². The molecule has 108 valence electrons. The molecule has 1 N–H and O–H groups in total. The molecule has 2 aliphatic rings. The molecular weight excluding hydrogens is 278 g/mol. The highest BCUT2D eigenvalue weighted by atomic mass is 32.2. The van der Waals surface area contributed by atoms with E-state index in [0.29, 0.717) is 11.3 Å². The lowest BCUT2D eigenvalue weighted by Crippen LogP contribution is -2.27. The Balaban J connectivity index is 1.67. The van der Waals surface area contributed by atoms with Crippen LogP contribution in [0.3, 0.4) is 0 Å². The zero-order chi connectivity index (χ0) is 14.2. The summed E-state index contributed by atoms with van der Waals surface area (Å²) in [7, 11) is 2.06. The number of hydrogen-bond donors (Lipinski definition) is 1. The molecule has 21 heavy (non-hydrogen) atoms. The number of thioether (sulfide) groups is 1. The molecule has 0 fully saturated rings. The molecule has 0 saturated carbocycles. The molecule has 0 bridgehead atoms. The second kappa shape index (κ2) is 5.39. The first-order valence-corrected chi connectivity index (χ1v) is 8.41. The van der Waals surface area contributed by atoms with Gasteiger partial charge in [-0.3, -0.25) is 0 Å². The van der Waals surface area contributed by atoms with Gasteiger partial charge in [0.2, 0.25) is 0 Å². The van der Waals surface area contributed by atoms with Gasteiger partial charge in [-0.25, -0.2) is 0 Å². The van der Waals surface area contributed by atoms with Crippen LogP contribution in [-0.2, 0) is 12.8 Å². The highest BCUT2D eigenvalue weighted by molar-refractivity contribution is 8.00. The summed E-state index contributed by atoms with van der Waals surface area (Å²) in [4.78, 5) is 1.43. The van der Waals surface area contributed by atoms with Gasteiger partial charge in [0.25, 0.3) is 0 Å². The fourth-order valence-electron chi connectivity index (χ4n) is 3.42. The molecule has 0 amide bonds. The Hall–Kier alpha value is -1.45. The van der Waals surface area contributed by atoms with Gasteiger partial charge in [-0.15, -0.1) is 11.8 Å². The van der Waals surface area contributed by atoms with Gasteiger partial charge in [0.15, 0.2) is 0 Å². The molecule has 2 unspecified atom stereocenters. The third-order valence-electron chi connectivity index (χ3n) is 4.43. The lowest BCUT2D eigenvalue weighted by molar-refractivity contribution is 0.348. The van der Waals surface area contributed by atoms with Crippen LogP contribution < -0.4 is 10.1 Å². The molecule has 2 heterocycles. The van der Waals surface area contributed by atoms with Crippen molar-refractivity contribution in [3.8, 4) is 5.75 Å². The van der Waals surface area contributed by atoms with E-state index in [2.05, 4.69) is 54.8 Å². The van der Waals surface area contributed by atoms with E-state index in [1.165, 1.54) is 21.6 Å². The molecule has 0 aliphatic carbocycles. The van der Waals surface area contributed by atoms with Gasteiger partial charge in [-0.1, -0.05) is 36.4 Å². The van der Waals surface area contributed by atoms with Gasteiger partial charge in [0, 0.05) is 28.2 Å². The van der Waals surface area contributed by atoms with Crippen molar-refractivity contribution in [2.75, 3.05) is 13.7 Å². The summed E-state index contributed by atoms with van der Waals surface area (Å²) in [6, 6.07) is 15.7. The Morgan fingerprint density at radius 1 is 1.14 bits per heavy atom. The molecular formula is C18H19NOS. The molecule has 4 rings (SSSR count). The Morgan fingerprint density at radius 2 is 2.00 bits per heavy atom. The van der Waals surface area contributed by atoms with Gasteiger partial charge in [0.1, 0.15) is 5.75 Å². The molecule has 0 spiro atoms. The highest BCUT2D eigenvalue weighted by Gasteiger charge is 2.32. The van der Waals surface area contributed by atoms with E-state index < -0.39 is 0 Å². The van der Waals surface area contributed by atoms with Crippen molar-refractivity contribution in [3.05, 3.63) is 59.2 Å². The van der Waals surface area contributed by atoms with E-state index in [0.717, 1.165) is 25.2 Å². The van der Waals surface area contributed by atoms with Gasteiger partial charge in [-0.05, 0) is 30.7 Å². The van der Waals surface area contributed by atoms with Crippen LogP contribution in [0.25, 0.3) is 0 Å². The Bertz CT molecular complexity index is 645. The van der Waals surface area contributed by atoms with Crippen molar-refractivity contribution in [3.63, 3.8) is 0 Å². The summed E-state index contributed by atoms with van der Waals surface area (Å²) >= 11 is 1.99. The minimum atomic E-state index is 0.329. The van der Waals surface area contributed by atoms with Gasteiger partial charge in [-0.2, -0.15) is 0 Å². The Kier molecular flexibility index (Phi) is 3.40. The normalized spacial score (nSPS) is 20.7. The molecule has 3 heteroatoms. The fourth-order valence-corrected chi connectivity index (χ4v) is 4.89. The number of hydrogen-bond acceptors (Lipinski definition) is 3. The van der Waals surface area contributed by atoms with Gasteiger partial charge >= 0.3 is 0 Å². The van der Waals surface area contributed by atoms with E-state index in [-0.39, 0.29) is 0 Å². The van der Waals surface area contributed by atoms with Crippen LogP contribution >= 0.6 is 11.8 Å². The van der Waals surface area contributed by atoms with Crippen LogP contribution in [-0.4, -0.2) is 18.9 Å². The Labute approximate surface area is 129 Å². The van der Waals surface area contributed by atoms with Crippen LogP contribution in [0.1, 0.15) is 22.7 Å². The van der Waals surface area contributed by atoms with Gasteiger partial charge < -0.3 is 10.1 Å². The molecule has 2 atom stereocenters. The third kappa shape index (κ3) is 2.25. The summed E-state index contributed by atoms with van der Waals surface area (Å²) in [6.07, 6.45) is 2.16. The maximum Gasteiger partial charge on any atom is 0.127 e. The Morgan fingerprint density at radius 3 is 2.86 bits per heavy atom. The number of benzene rings is 2. The van der Waals surface area contributed by atoms with Crippen molar-refractivity contribution < 1.29 is 4.74 Å². The van der Waals surface area contributed by atoms with E-state index in [1.54, 1.807) is 0 Å². The molecule has 0 saturated heterocycles. The topological polar surface area (TPSA) is 21.3 Å². The van der Waals surface area contributed by atoms with E-state index in [1.807, 2.05) is 11.8 Å². The maximum absolute atomic E-state index is 5.90. The monoisotopic (exact) mass is 297 g/mol. The summed E-state index contributed by atoms with van der Waals surface area (Å²) in [5, 5.41) is 4.05. The average Bonchev–Trinajstić information content (AvgIpc) is 3.14. The molecule has 0 aromatic heterocycles. The van der Waals surface area contributed by atoms with E-state index in [4.69, 9.17) is 4.74 Å². The van der Waals surface area contributed by atoms with Crippen molar-refractivity contribution in [2.45, 2.75) is 29.0 Å². The van der Waals surface area contributed by atoms with Crippen LogP contribution in [0, 0.1) is 0 Å². The lowest BCUT2D eigenvalue weighted by atomic mass is 9.96. The zero-order valence-electron chi connectivity index (χ0n) is 12.1. The number of para-hydroxylation sites is 1. The van der Waals surface area contributed by atoms with Crippen molar-refractivity contribution in [1.29, 1.82) is 0 Å². The van der Waals surface area contributed by atoms with Crippen LogP contribution in [0.4, 0.5) is 0 Å². The first-order valence-electron chi connectivity index (χ1n) is 7.53. The predicted octanol–water partition coefficient (Wildman–Crippen LogP) is 3.60. The quantitative estimate of drug-likeness (QED) is 0.935. The minimum Gasteiger partial charge on any atom is -0.493 e. The summed E-state index contributed by atoms with van der Waals surface area (Å²) in [6.45, 7) is 0.820. The standard InChI is InChI=1S/C18H19NOS/c1-19-17(14-7-4-6-12-9-10-20-18(12)14)16-11-13-5-2-3-8-15(13)21-16/h2-8,16-17,19H,9-11H2,1H3. The van der Waals surface area contributed by atoms with Gasteiger partial charge in [0.05, 0.1) is 6.61 Å². The smallest absolute Gasteiger partial charge is 0.127 e. The van der Waals surface area contributed by atoms with Crippen molar-refractivity contribution in [2.24, 2.45) is 0 Å². The van der Waals surface area contributed by atoms with E-state index >= 15 is 0 Å². The van der Waals surface area contributed by atoms with Crippen LogP contribution in [0.15, 0.2) is 47.4 Å². The molecule has 2 aliphatic heterocycles. The summed E-state index contributed by atoms with van der Waals surface area (Å²) in [5.74, 6) is 1.12. The SMILES string of the molecule is CNC(c1cccc2c1OCC2)C1Cc2ccccc2S1. The van der Waals surface area contributed by atoms with E-state index in [9.17, 15) is 0 Å². The first kappa shape index (κ1) is 13.2. The largest absolute Gasteiger partial charge is 0.493 e. The zero-order valence-corrected chi connectivity index (χ0v) is 13.0. The van der Waals surface area contributed by atoms with Crippen molar-refractivity contribution >= 4 is 11.8 Å². The van der Waals surface area contributed by atoms with Crippen molar-refractivity contribution in [1.82, 2.24) is 5.32 Å². The second-order valence-corrected chi connectivity index (χ2v) is 6.95. The number of ether oxygens (including phenoxy) is 1. The average molecular weight is 297 g/mol. The molecule has 0 radical (unpaired) electrons. The highest BCUT2D eigenvalue weighted by Crippen LogP contribution is 2.45. The third-order valence-corrected chi connectivity index (χ3v) is 5.83. The first-order chi connectivity index (χ1) is 10.4. The molecule has 2 aromatic carbocycles. The minimum absolute atomic E-state index is 0.329. The summed E-state index contributed by atoms with van der Waals surface area (Å²) in [5.41, 5.74) is 4.15. The summed E-state index contributed by atoms with van der Waals surface area (Å²) < 4.78 is 5.90. The number of fused-ring (bicyclic) bond motifs is 2. The number of rotatable bonds is 3. The molecule has 2 aromatic rings. The lowest BCUT2D eigenvalue weighted by Gasteiger charge is -2.24. The maximum atomic E-state index is 5.90. The fraction of sp³-hybridized carbons (Fsp3) is 0.333. The molecule has 2 nitrogen and oxygen atoms in total. The van der Waals surface area contributed by atoms with Crippen LogP contribution in [0.2, 0.25) is 0 Å².